The highest BCUT2D eigenvalue weighted by Crippen LogP contribution is 2.23. The van der Waals surface area contributed by atoms with Crippen molar-refractivity contribution in [1.82, 2.24) is 15.3 Å². The van der Waals surface area contributed by atoms with E-state index in [1.807, 2.05) is 23.6 Å². The molecule has 0 spiro atoms. The normalized spacial score (nSPS) is 16.7. The maximum Gasteiger partial charge on any atom is 0.244 e. The Morgan fingerprint density at radius 1 is 1.33 bits per heavy atom. The molecule has 1 saturated heterocycles. The van der Waals surface area contributed by atoms with Crippen molar-refractivity contribution < 1.29 is 4.79 Å². The minimum Gasteiger partial charge on any atom is -0.301 e. The van der Waals surface area contributed by atoms with Gasteiger partial charge in [-0.25, -0.2) is 4.98 Å². The molecule has 0 aromatic carbocycles. The van der Waals surface area contributed by atoms with Crippen LogP contribution in [0.1, 0.15) is 0 Å². The van der Waals surface area contributed by atoms with E-state index < -0.39 is 0 Å². The molecule has 1 fully saturated rings. The molecule has 0 aliphatic carbocycles. The molecular weight excluding hydrogens is 351 g/mol. The van der Waals surface area contributed by atoms with Crippen LogP contribution in [0.3, 0.4) is 0 Å². The summed E-state index contributed by atoms with van der Waals surface area (Å²) in [4.78, 5) is 20.5. The van der Waals surface area contributed by atoms with Gasteiger partial charge >= 0.3 is 0 Å². The Kier molecular flexibility index (Phi) is 7.41. The summed E-state index contributed by atoms with van der Waals surface area (Å²) in [5, 5.41) is 8.48. The monoisotopic (exact) mass is 364 g/mol. The average Bonchev–Trinajstić information content (AvgIpc) is 3.11. The van der Waals surface area contributed by atoms with Crippen molar-refractivity contribution in [1.29, 1.82) is 0 Å². The van der Waals surface area contributed by atoms with Crippen molar-refractivity contribution in [3.63, 3.8) is 0 Å². The summed E-state index contributed by atoms with van der Waals surface area (Å²) in [7, 11) is 0. The fourth-order valence-electron chi connectivity index (χ4n) is 1.72. The lowest BCUT2D eigenvalue weighted by Gasteiger charge is -2.07. The summed E-state index contributed by atoms with van der Waals surface area (Å²) >= 11 is 3.14. The third-order valence-electron chi connectivity index (χ3n) is 2.69. The van der Waals surface area contributed by atoms with Crippen LogP contribution in [-0.4, -0.2) is 33.5 Å². The summed E-state index contributed by atoms with van der Waals surface area (Å²) in [5.74, 6) is 1.62. The van der Waals surface area contributed by atoms with Gasteiger partial charge in [-0.05, 0) is 12.1 Å². The molecule has 1 amide bonds. The molecule has 0 saturated carbocycles. The number of hydrogen-bond acceptors (Lipinski definition) is 6. The molecule has 1 aliphatic rings. The van der Waals surface area contributed by atoms with Gasteiger partial charge in [-0.2, -0.15) is 0 Å². The first kappa shape index (κ1) is 18.2. The summed E-state index contributed by atoms with van der Waals surface area (Å²) < 4.78 is 0. The van der Waals surface area contributed by atoms with Crippen molar-refractivity contribution in [3.8, 4) is 11.4 Å². The van der Waals surface area contributed by atoms with Crippen molar-refractivity contribution >= 4 is 59.0 Å². The van der Waals surface area contributed by atoms with Crippen LogP contribution in [0, 0.1) is 0 Å². The number of halogens is 2. The van der Waals surface area contributed by atoms with Crippen LogP contribution in [-0.2, 0) is 4.79 Å². The number of carbonyl (C=O) groups is 1. The van der Waals surface area contributed by atoms with E-state index in [0.717, 1.165) is 23.0 Å². The standard InChI is InChI=1S/C12H12N4OS2.2ClH/c17-11(10-5-18-7-14-10)16-12-15-9(6-19-12)8-3-1-2-4-13-8;;/h1-4,6,10,14H,5,7H2,(H,15,16,17);2*1H/t10-;;/m1../s1. The van der Waals surface area contributed by atoms with Crippen LogP contribution < -0.4 is 10.6 Å². The molecule has 21 heavy (non-hydrogen) atoms. The van der Waals surface area contributed by atoms with E-state index in [1.54, 1.807) is 18.0 Å². The zero-order valence-corrected chi connectivity index (χ0v) is 14.1. The molecule has 2 aromatic heterocycles. The number of thiazole rings is 1. The number of hydrogen-bond donors (Lipinski definition) is 2. The number of anilines is 1. The van der Waals surface area contributed by atoms with Gasteiger partial charge in [0.15, 0.2) is 5.13 Å². The lowest BCUT2D eigenvalue weighted by molar-refractivity contribution is -0.117. The van der Waals surface area contributed by atoms with Gasteiger partial charge in [0.2, 0.25) is 5.91 Å². The SMILES string of the molecule is Cl.Cl.O=C(Nc1nc(-c2ccccn2)cs1)[C@H]1CSCN1. The smallest absolute Gasteiger partial charge is 0.244 e. The Morgan fingerprint density at radius 2 is 2.19 bits per heavy atom. The predicted molar refractivity (Wildman–Crippen MR) is 92.7 cm³/mol. The van der Waals surface area contributed by atoms with Gasteiger partial charge in [0.25, 0.3) is 0 Å². The number of amides is 1. The minimum absolute atomic E-state index is 0. The molecule has 3 rings (SSSR count). The number of pyridine rings is 1. The lowest BCUT2D eigenvalue weighted by atomic mass is 10.3. The zero-order valence-electron chi connectivity index (χ0n) is 10.8. The molecule has 3 heterocycles. The third kappa shape index (κ3) is 4.55. The summed E-state index contributed by atoms with van der Waals surface area (Å²) in [6.45, 7) is 0. The Morgan fingerprint density at radius 3 is 2.86 bits per heavy atom. The lowest BCUT2D eigenvalue weighted by Crippen LogP contribution is -2.37. The Labute approximate surface area is 143 Å². The van der Waals surface area contributed by atoms with Crippen LogP contribution in [0.5, 0.6) is 0 Å². The molecule has 9 heteroatoms. The zero-order chi connectivity index (χ0) is 13.1. The van der Waals surface area contributed by atoms with Crippen LogP contribution in [0.2, 0.25) is 0 Å². The first-order valence-corrected chi connectivity index (χ1v) is 7.85. The van der Waals surface area contributed by atoms with E-state index in [4.69, 9.17) is 0 Å². The molecule has 1 atom stereocenters. The summed E-state index contributed by atoms with van der Waals surface area (Å²) in [6, 6.07) is 5.56. The van der Waals surface area contributed by atoms with Crippen LogP contribution in [0.4, 0.5) is 5.13 Å². The number of carbonyl (C=O) groups excluding carboxylic acids is 1. The molecule has 0 unspecified atom stereocenters. The fourth-order valence-corrected chi connectivity index (χ4v) is 3.37. The first-order chi connectivity index (χ1) is 9.33. The molecule has 1 aliphatic heterocycles. The van der Waals surface area contributed by atoms with Gasteiger partial charge in [0.1, 0.15) is 5.69 Å². The molecule has 2 aromatic rings. The van der Waals surface area contributed by atoms with Gasteiger partial charge in [-0.1, -0.05) is 6.07 Å². The van der Waals surface area contributed by atoms with Crippen molar-refractivity contribution in [2.24, 2.45) is 0 Å². The maximum atomic E-state index is 11.9. The molecule has 114 valence electrons. The van der Waals surface area contributed by atoms with E-state index in [0.29, 0.717) is 5.13 Å². The minimum atomic E-state index is -0.118. The van der Waals surface area contributed by atoms with Crippen molar-refractivity contribution in [3.05, 3.63) is 29.8 Å². The predicted octanol–water partition coefficient (Wildman–Crippen LogP) is 2.65. The van der Waals surface area contributed by atoms with Crippen LogP contribution >= 0.6 is 47.9 Å². The molecule has 2 N–H and O–H groups in total. The van der Waals surface area contributed by atoms with E-state index >= 15 is 0 Å². The van der Waals surface area contributed by atoms with Gasteiger partial charge in [-0.15, -0.1) is 47.9 Å². The average molecular weight is 365 g/mol. The highest BCUT2D eigenvalue weighted by atomic mass is 35.5. The topological polar surface area (TPSA) is 66.9 Å². The van der Waals surface area contributed by atoms with E-state index in [-0.39, 0.29) is 36.8 Å². The number of thioether (sulfide) groups is 1. The van der Waals surface area contributed by atoms with Crippen LogP contribution in [0.25, 0.3) is 11.4 Å². The Bertz CT molecular complexity index is 576. The quantitative estimate of drug-likeness (QED) is 0.876. The molecular formula is C12H14Cl2N4OS2. The number of nitrogens with zero attached hydrogens (tertiary/aromatic N) is 2. The van der Waals surface area contributed by atoms with Gasteiger partial charge in [0.05, 0.1) is 11.7 Å². The van der Waals surface area contributed by atoms with E-state index in [9.17, 15) is 4.79 Å². The van der Waals surface area contributed by atoms with Gasteiger partial charge < -0.3 is 5.32 Å². The number of rotatable bonds is 3. The largest absolute Gasteiger partial charge is 0.301 e. The van der Waals surface area contributed by atoms with E-state index in [2.05, 4.69) is 20.6 Å². The van der Waals surface area contributed by atoms with Crippen LogP contribution in [0.15, 0.2) is 29.8 Å². The van der Waals surface area contributed by atoms with Crippen molar-refractivity contribution in [2.45, 2.75) is 6.04 Å². The first-order valence-electron chi connectivity index (χ1n) is 5.82. The highest BCUT2D eigenvalue weighted by Gasteiger charge is 2.23. The highest BCUT2D eigenvalue weighted by molar-refractivity contribution is 7.99. The second-order valence-electron chi connectivity index (χ2n) is 4.01. The fraction of sp³-hybridized carbons (Fsp3) is 0.250. The molecule has 5 nitrogen and oxygen atoms in total. The Balaban J connectivity index is 0.00000110. The van der Waals surface area contributed by atoms with Gasteiger partial charge in [-0.3, -0.25) is 15.1 Å². The Hall–Kier alpha value is -0.860. The van der Waals surface area contributed by atoms with E-state index in [1.165, 1.54) is 11.3 Å². The maximum absolute atomic E-state index is 11.9. The van der Waals surface area contributed by atoms with Crippen molar-refractivity contribution in [2.75, 3.05) is 16.9 Å². The second kappa shape index (κ2) is 8.55. The molecule has 0 bridgehead atoms. The second-order valence-corrected chi connectivity index (χ2v) is 5.90. The molecule has 0 radical (unpaired) electrons. The number of nitrogens with one attached hydrogen (secondary N) is 2. The third-order valence-corrected chi connectivity index (χ3v) is 4.39. The van der Waals surface area contributed by atoms with Gasteiger partial charge in [0, 0.05) is 23.2 Å². The summed E-state index contributed by atoms with van der Waals surface area (Å²) in [5.41, 5.74) is 1.60. The number of aromatic nitrogens is 2. The summed E-state index contributed by atoms with van der Waals surface area (Å²) in [6.07, 6.45) is 1.73.